The van der Waals surface area contributed by atoms with Crippen LogP contribution in [0.5, 0.6) is 5.75 Å². The lowest BCUT2D eigenvalue weighted by Crippen LogP contribution is -2.65. The number of nitrogens with one attached hydrogen (secondary N) is 3. The number of hydrogen-bond donors (Lipinski definition) is 4. The Bertz CT molecular complexity index is 1410. The smallest absolute Gasteiger partial charge is 0.252 e. The molecule has 0 spiro atoms. The highest BCUT2D eigenvalue weighted by molar-refractivity contribution is 6.12. The van der Waals surface area contributed by atoms with Crippen molar-refractivity contribution >= 4 is 12.1 Å². The Kier molecular flexibility index (Phi) is 9.02. The second kappa shape index (κ2) is 13.2. The summed E-state index contributed by atoms with van der Waals surface area (Å²) in [4.78, 5) is 36.2. The Balaban J connectivity index is 1.22. The third-order valence-corrected chi connectivity index (χ3v) is 6.86. The van der Waals surface area contributed by atoms with Crippen LogP contribution in [0, 0.1) is 0 Å². The van der Waals surface area contributed by atoms with Crippen molar-refractivity contribution in [3.63, 3.8) is 0 Å². The Hall–Kier alpha value is -4.25. The number of dihydropyridines is 1. The summed E-state index contributed by atoms with van der Waals surface area (Å²) in [6.07, 6.45) is 5.46. The molecule has 2 aliphatic heterocycles. The Labute approximate surface area is 232 Å². The number of ether oxygens (including phenoxy) is 1. The number of aromatic nitrogens is 1. The van der Waals surface area contributed by atoms with Crippen LogP contribution in [0.2, 0.25) is 0 Å². The number of pyridine rings is 1. The van der Waals surface area contributed by atoms with Gasteiger partial charge >= 0.3 is 0 Å². The van der Waals surface area contributed by atoms with Gasteiger partial charge in [-0.15, -0.1) is 0 Å². The largest absolute Gasteiger partial charge is 0.483 e. The van der Waals surface area contributed by atoms with Crippen molar-refractivity contribution in [2.75, 3.05) is 13.1 Å². The minimum atomic E-state index is -0.298. The molecular formula is C30H34N6O4. The van der Waals surface area contributed by atoms with Crippen molar-refractivity contribution in [3.05, 3.63) is 112 Å². The lowest BCUT2D eigenvalue weighted by atomic mass is 10.0. The van der Waals surface area contributed by atoms with Crippen LogP contribution in [0.1, 0.15) is 23.2 Å². The first-order valence-corrected chi connectivity index (χ1v) is 13.4. The van der Waals surface area contributed by atoms with E-state index < -0.39 is 0 Å². The SMILES string of the molecule is NC1CNC1CNC1CC=C(C(=O)NCc2cc(=O)c(OCc3ccccc3)cn2OCc2ccccc2)C=N1. The molecule has 1 amide bonds. The fourth-order valence-corrected chi connectivity index (χ4v) is 4.34. The summed E-state index contributed by atoms with van der Waals surface area (Å²) >= 11 is 0. The van der Waals surface area contributed by atoms with Crippen LogP contribution in [-0.2, 0) is 24.6 Å². The molecule has 5 N–H and O–H groups in total. The van der Waals surface area contributed by atoms with Gasteiger partial charge in [-0.05, 0) is 11.1 Å². The van der Waals surface area contributed by atoms with Gasteiger partial charge in [0.1, 0.15) is 19.4 Å². The molecular weight excluding hydrogens is 508 g/mol. The van der Waals surface area contributed by atoms with Crippen molar-refractivity contribution in [2.45, 2.75) is 44.4 Å². The van der Waals surface area contributed by atoms with Crippen molar-refractivity contribution in [3.8, 4) is 5.75 Å². The normalized spacial score (nSPS) is 19.8. The van der Waals surface area contributed by atoms with E-state index in [9.17, 15) is 9.59 Å². The molecule has 5 rings (SSSR count). The number of hydrogen-bond acceptors (Lipinski definition) is 8. The fourth-order valence-electron chi connectivity index (χ4n) is 4.34. The van der Waals surface area contributed by atoms with Gasteiger partial charge in [0.25, 0.3) is 5.91 Å². The van der Waals surface area contributed by atoms with E-state index in [1.807, 2.05) is 66.7 Å². The van der Waals surface area contributed by atoms with E-state index >= 15 is 0 Å². The van der Waals surface area contributed by atoms with Gasteiger partial charge in [0.2, 0.25) is 5.43 Å². The summed E-state index contributed by atoms with van der Waals surface area (Å²) < 4.78 is 7.29. The molecule has 0 bridgehead atoms. The minimum absolute atomic E-state index is 0.0833. The second-order valence-corrected chi connectivity index (χ2v) is 9.81. The van der Waals surface area contributed by atoms with E-state index in [0.717, 1.165) is 24.2 Å². The predicted molar refractivity (Wildman–Crippen MR) is 153 cm³/mol. The highest BCUT2D eigenvalue weighted by Crippen LogP contribution is 2.12. The number of carbonyl (C=O) groups excluding carboxylic acids is 1. The number of nitrogens with two attached hydrogens (primary N) is 1. The van der Waals surface area contributed by atoms with Gasteiger partial charge in [-0.1, -0.05) is 66.7 Å². The van der Waals surface area contributed by atoms with E-state index in [0.29, 0.717) is 17.7 Å². The second-order valence-electron chi connectivity index (χ2n) is 9.81. The number of rotatable bonds is 12. The molecule has 1 saturated heterocycles. The van der Waals surface area contributed by atoms with Crippen molar-refractivity contribution in [1.82, 2.24) is 20.7 Å². The van der Waals surface area contributed by atoms with Crippen molar-refractivity contribution in [2.24, 2.45) is 10.7 Å². The molecule has 3 heterocycles. The molecule has 40 heavy (non-hydrogen) atoms. The summed E-state index contributed by atoms with van der Waals surface area (Å²) in [7, 11) is 0. The summed E-state index contributed by atoms with van der Waals surface area (Å²) in [5.41, 5.74) is 8.52. The van der Waals surface area contributed by atoms with Gasteiger partial charge in [-0.3, -0.25) is 19.9 Å². The molecule has 2 aromatic carbocycles. The molecule has 10 nitrogen and oxygen atoms in total. The van der Waals surface area contributed by atoms with Crippen molar-refractivity contribution in [1.29, 1.82) is 0 Å². The number of amides is 1. The first kappa shape index (κ1) is 27.3. The highest BCUT2D eigenvalue weighted by Gasteiger charge is 2.27. The minimum Gasteiger partial charge on any atom is -0.483 e. The Morgan fingerprint density at radius 2 is 1.80 bits per heavy atom. The fraction of sp³-hybridized carbons (Fsp3) is 0.300. The van der Waals surface area contributed by atoms with Crippen LogP contribution < -0.4 is 36.7 Å². The van der Waals surface area contributed by atoms with Crippen LogP contribution in [0.4, 0.5) is 0 Å². The van der Waals surface area contributed by atoms with E-state index in [1.54, 1.807) is 6.21 Å². The van der Waals surface area contributed by atoms with Crippen LogP contribution in [-0.4, -0.2) is 48.2 Å². The van der Waals surface area contributed by atoms with Crippen LogP contribution in [0.3, 0.4) is 0 Å². The lowest BCUT2D eigenvalue weighted by molar-refractivity contribution is -0.117. The average molecular weight is 543 g/mol. The molecule has 2 aliphatic rings. The van der Waals surface area contributed by atoms with Gasteiger partial charge < -0.3 is 25.9 Å². The molecule has 3 unspecified atom stereocenters. The Morgan fingerprint density at radius 1 is 1.07 bits per heavy atom. The maximum absolute atomic E-state index is 12.9. The number of aliphatic imine (C=N–C) groups is 1. The Morgan fingerprint density at radius 3 is 2.42 bits per heavy atom. The van der Waals surface area contributed by atoms with E-state index in [1.165, 1.54) is 17.0 Å². The number of benzene rings is 2. The molecule has 3 atom stereocenters. The first-order chi connectivity index (χ1) is 19.5. The molecule has 3 aromatic rings. The standard InChI is InChI=1S/C30H34N6O4/c31-25-16-32-26(25)17-34-29-12-11-23(14-33-29)30(38)35-15-24-13-27(37)28(39-19-21-7-3-1-4-8-21)18-36(24)40-20-22-9-5-2-6-10-22/h1-11,13-14,18,25-26,29,32,34H,12,15-17,19-20,31H2,(H,35,38). The van der Waals surface area contributed by atoms with Crippen LogP contribution in [0.25, 0.3) is 0 Å². The molecule has 10 heteroatoms. The lowest BCUT2D eigenvalue weighted by Gasteiger charge is -2.36. The highest BCUT2D eigenvalue weighted by atomic mass is 16.7. The quantitative estimate of drug-likeness (QED) is 0.271. The third-order valence-electron chi connectivity index (χ3n) is 6.86. The summed E-state index contributed by atoms with van der Waals surface area (Å²) in [6, 6.07) is 21.1. The van der Waals surface area contributed by atoms with Gasteiger partial charge in [0, 0.05) is 43.9 Å². The van der Waals surface area contributed by atoms with Gasteiger partial charge in [0.05, 0.1) is 24.0 Å². The summed E-state index contributed by atoms with van der Waals surface area (Å²) in [5, 5.41) is 9.51. The number of carbonyl (C=O) groups is 1. The maximum atomic E-state index is 12.9. The van der Waals surface area contributed by atoms with Gasteiger partial charge in [-0.2, -0.15) is 4.73 Å². The maximum Gasteiger partial charge on any atom is 0.252 e. The molecule has 0 radical (unpaired) electrons. The third kappa shape index (κ3) is 7.23. The molecule has 1 aromatic heterocycles. The first-order valence-electron chi connectivity index (χ1n) is 13.4. The van der Waals surface area contributed by atoms with Crippen molar-refractivity contribution < 1.29 is 14.4 Å². The van der Waals surface area contributed by atoms with E-state index in [-0.39, 0.29) is 55.1 Å². The van der Waals surface area contributed by atoms with Gasteiger partial charge in [-0.25, -0.2) is 0 Å². The monoisotopic (exact) mass is 542 g/mol. The topological polar surface area (TPSA) is 132 Å². The van der Waals surface area contributed by atoms with E-state index in [2.05, 4.69) is 20.9 Å². The summed E-state index contributed by atoms with van der Waals surface area (Å²) in [6.45, 7) is 2.16. The molecule has 0 saturated carbocycles. The predicted octanol–water partition coefficient (Wildman–Crippen LogP) is 1.29. The zero-order valence-electron chi connectivity index (χ0n) is 22.2. The molecule has 0 aliphatic carbocycles. The van der Waals surface area contributed by atoms with Crippen LogP contribution in [0.15, 0.2) is 94.4 Å². The van der Waals surface area contributed by atoms with E-state index in [4.69, 9.17) is 15.3 Å². The molecule has 1 fully saturated rings. The molecule has 208 valence electrons. The average Bonchev–Trinajstić information content (AvgIpc) is 2.99. The zero-order valence-corrected chi connectivity index (χ0v) is 22.2. The van der Waals surface area contributed by atoms with Gasteiger partial charge in [0.15, 0.2) is 5.75 Å². The van der Waals surface area contributed by atoms with Crippen LogP contribution >= 0.6 is 0 Å². The summed E-state index contributed by atoms with van der Waals surface area (Å²) in [5.74, 6) is -0.123. The number of nitrogens with zero attached hydrogens (tertiary/aromatic N) is 2. The zero-order chi connectivity index (χ0) is 27.7.